The lowest BCUT2D eigenvalue weighted by Crippen LogP contribution is -2.16. The van der Waals surface area contributed by atoms with Crippen molar-refractivity contribution in [2.75, 3.05) is 0 Å². The molecule has 24 heavy (non-hydrogen) atoms. The van der Waals surface area contributed by atoms with Gasteiger partial charge in [-0.25, -0.2) is 14.2 Å². The van der Waals surface area contributed by atoms with Gasteiger partial charge < -0.3 is 0 Å². The molecule has 0 aliphatic rings. The lowest BCUT2D eigenvalue weighted by atomic mass is 10.2. The van der Waals surface area contributed by atoms with Crippen LogP contribution in [0.15, 0.2) is 65.8 Å². The summed E-state index contributed by atoms with van der Waals surface area (Å²) in [7, 11) is 0. The Bertz CT molecular complexity index is 888. The van der Waals surface area contributed by atoms with Crippen molar-refractivity contribution in [3.05, 3.63) is 82.7 Å². The number of carbonyl (C=O) groups is 1. The molecule has 0 radical (unpaired) electrons. The number of amides is 1. The van der Waals surface area contributed by atoms with E-state index in [1.54, 1.807) is 42.5 Å². The minimum Gasteiger partial charge on any atom is -0.266 e. The van der Waals surface area contributed by atoms with Crippen LogP contribution in [-0.4, -0.2) is 12.1 Å². The van der Waals surface area contributed by atoms with Crippen LogP contribution in [0.2, 0.25) is 0 Å². The molecule has 1 N–H and O–H groups in total. The maximum Gasteiger partial charge on any atom is 0.281 e. The van der Waals surface area contributed by atoms with Gasteiger partial charge in [0.2, 0.25) is 0 Å². The molecule has 0 bridgehead atoms. The Morgan fingerprint density at radius 3 is 2.50 bits per heavy atom. The fourth-order valence-electron chi connectivity index (χ4n) is 2.02. The molecule has 0 unspecified atom stereocenters. The Labute approximate surface area is 141 Å². The number of nitrogens with one attached hydrogen (secondary N) is 1. The molecule has 0 fully saturated rings. The molecule has 1 amide bonds. The number of hydrazone groups is 1. The van der Waals surface area contributed by atoms with Crippen LogP contribution < -0.4 is 5.43 Å². The van der Waals surface area contributed by atoms with E-state index in [2.05, 4.69) is 10.5 Å². The van der Waals surface area contributed by atoms with Crippen molar-refractivity contribution in [1.82, 2.24) is 5.43 Å². The van der Waals surface area contributed by atoms with Gasteiger partial charge >= 0.3 is 0 Å². The van der Waals surface area contributed by atoms with Crippen molar-refractivity contribution in [3.63, 3.8) is 0 Å². The van der Waals surface area contributed by atoms with Crippen molar-refractivity contribution < 1.29 is 13.6 Å². The van der Waals surface area contributed by atoms with E-state index in [0.717, 1.165) is 10.4 Å². The Morgan fingerprint density at radius 2 is 1.75 bits per heavy atom. The first kappa shape index (κ1) is 16.0. The van der Waals surface area contributed by atoms with Gasteiger partial charge in [-0.05, 0) is 35.9 Å². The number of hydrogen-bond acceptors (Lipinski definition) is 3. The van der Waals surface area contributed by atoms with Gasteiger partial charge in [-0.3, -0.25) is 4.79 Å². The third kappa shape index (κ3) is 3.72. The third-order valence-electron chi connectivity index (χ3n) is 3.23. The standard InChI is InChI=1S/C18H12F2N2OS/c19-14-7-5-12(6-8-14)16-9-10-17(24-16)18(23)22-21-11-13-3-1-2-4-15(13)20/h1-11H,(H,22,23)/b21-11-. The molecule has 1 aromatic heterocycles. The van der Waals surface area contributed by atoms with E-state index in [9.17, 15) is 13.6 Å². The van der Waals surface area contributed by atoms with Gasteiger partial charge in [0.25, 0.3) is 5.91 Å². The second-order valence-corrected chi connectivity index (χ2v) is 5.98. The first-order chi connectivity index (χ1) is 11.6. The van der Waals surface area contributed by atoms with E-state index in [4.69, 9.17) is 0 Å². The van der Waals surface area contributed by atoms with E-state index < -0.39 is 5.82 Å². The molecule has 3 aromatic rings. The van der Waals surface area contributed by atoms with E-state index >= 15 is 0 Å². The summed E-state index contributed by atoms with van der Waals surface area (Å²) in [5, 5.41) is 3.76. The maximum atomic E-state index is 13.4. The number of hydrogen-bond donors (Lipinski definition) is 1. The fraction of sp³-hybridized carbons (Fsp3) is 0. The van der Waals surface area contributed by atoms with Gasteiger partial charge in [-0.15, -0.1) is 11.3 Å². The first-order valence-electron chi connectivity index (χ1n) is 7.07. The summed E-state index contributed by atoms with van der Waals surface area (Å²) in [6.07, 6.45) is 1.25. The molecule has 0 atom stereocenters. The normalized spacial score (nSPS) is 10.9. The summed E-state index contributed by atoms with van der Waals surface area (Å²) in [5.41, 5.74) is 3.48. The van der Waals surface area contributed by atoms with Crippen molar-refractivity contribution in [3.8, 4) is 10.4 Å². The van der Waals surface area contributed by atoms with E-state index in [1.165, 1.54) is 35.8 Å². The molecule has 0 saturated heterocycles. The molecule has 3 nitrogen and oxygen atoms in total. The van der Waals surface area contributed by atoms with Crippen LogP contribution in [0.25, 0.3) is 10.4 Å². The predicted octanol–water partition coefficient (Wildman–Crippen LogP) is 4.46. The van der Waals surface area contributed by atoms with Crippen molar-refractivity contribution in [2.24, 2.45) is 5.10 Å². The summed E-state index contributed by atoms with van der Waals surface area (Å²) < 4.78 is 26.4. The number of nitrogens with zero attached hydrogens (tertiary/aromatic N) is 1. The molecule has 0 saturated carbocycles. The average molecular weight is 342 g/mol. The van der Waals surface area contributed by atoms with Crippen LogP contribution in [0.1, 0.15) is 15.2 Å². The fourth-order valence-corrected chi connectivity index (χ4v) is 2.93. The monoisotopic (exact) mass is 342 g/mol. The summed E-state index contributed by atoms with van der Waals surface area (Å²) in [6.45, 7) is 0. The Kier molecular flexibility index (Phi) is 4.77. The molecule has 120 valence electrons. The topological polar surface area (TPSA) is 41.5 Å². The van der Waals surface area contributed by atoms with Gasteiger partial charge in [0, 0.05) is 10.4 Å². The third-order valence-corrected chi connectivity index (χ3v) is 4.37. The minimum atomic E-state index is -0.412. The molecule has 0 spiro atoms. The molecular formula is C18H12F2N2OS. The number of thiophene rings is 1. The first-order valence-corrected chi connectivity index (χ1v) is 7.89. The highest BCUT2D eigenvalue weighted by molar-refractivity contribution is 7.17. The Balaban J connectivity index is 1.68. The van der Waals surface area contributed by atoms with Crippen LogP contribution in [0.4, 0.5) is 8.78 Å². The van der Waals surface area contributed by atoms with E-state index in [0.29, 0.717) is 4.88 Å². The Hall–Kier alpha value is -2.86. The number of carbonyl (C=O) groups excluding carboxylic acids is 1. The van der Waals surface area contributed by atoms with Crippen LogP contribution in [-0.2, 0) is 0 Å². The van der Waals surface area contributed by atoms with Crippen LogP contribution in [0.3, 0.4) is 0 Å². The number of halogens is 2. The molecular weight excluding hydrogens is 330 g/mol. The van der Waals surface area contributed by atoms with Gasteiger partial charge in [0.15, 0.2) is 0 Å². The smallest absolute Gasteiger partial charge is 0.266 e. The predicted molar refractivity (Wildman–Crippen MR) is 91.2 cm³/mol. The SMILES string of the molecule is O=C(N/N=C\c1ccccc1F)c1ccc(-c2ccc(F)cc2)s1. The second-order valence-electron chi connectivity index (χ2n) is 4.89. The quantitative estimate of drug-likeness (QED) is 0.552. The number of benzene rings is 2. The zero-order chi connectivity index (χ0) is 16.9. The summed E-state index contributed by atoms with van der Waals surface area (Å²) in [6, 6.07) is 15.6. The maximum absolute atomic E-state index is 13.4. The molecule has 6 heteroatoms. The molecule has 2 aromatic carbocycles. The lowest BCUT2D eigenvalue weighted by Gasteiger charge is -1.98. The molecule has 1 heterocycles. The van der Waals surface area contributed by atoms with Gasteiger partial charge in [0.1, 0.15) is 11.6 Å². The molecule has 3 rings (SSSR count). The zero-order valence-electron chi connectivity index (χ0n) is 12.4. The van der Waals surface area contributed by atoms with Gasteiger partial charge in [0.05, 0.1) is 11.1 Å². The lowest BCUT2D eigenvalue weighted by molar-refractivity contribution is 0.0959. The Morgan fingerprint density at radius 1 is 1.00 bits per heavy atom. The average Bonchev–Trinajstić information content (AvgIpc) is 3.07. The van der Waals surface area contributed by atoms with Gasteiger partial charge in [-0.1, -0.05) is 30.3 Å². The highest BCUT2D eigenvalue weighted by Crippen LogP contribution is 2.28. The largest absolute Gasteiger partial charge is 0.281 e. The van der Waals surface area contributed by atoms with E-state index in [1.807, 2.05) is 0 Å². The summed E-state index contributed by atoms with van der Waals surface area (Å²) in [4.78, 5) is 13.4. The molecule has 0 aliphatic carbocycles. The summed E-state index contributed by atoms with van der Waals surface area (Å²) >= 11 is 1.27. The number of rotatable bonds is 4. The van der Waals surface area contributed by atoms with Crippen molar-refractivity contribution >= 4 is 23.5 Å². The van der Waals surface area contributed by atoms with Crippen LogP contribution in [0.5, 0.6) is 0 Å². The van der Waals surface area contributed by atoms with Crippen molar-refractivity contribution in [2.45, 2.75) is 0 Å². The minimum absolute atomic E-state index is 0.288. The van der Waals surface area contributed by atoms with Crippen LogP contribution >= 0.6 is 11.3 Å². The molecule has 0 aliphatic heterocycles. The highest BCUT2D eigenvalue weighted by atomic mass is 32.1. The van der Waals surface area contributed by atoms with Crippen molar-refractivity contribution in [1.29, 1.82) is 0 Å². The highest BCUT2D eigenvalue weighted by Gasteiger charge is 2.09. The van der Waals surface area contributed by atoms with Gasteiger partial charge in [-0.2, -0.15) is 5.10 Å². The zero-order valence-corrected chi connectivity index (χ0v) is 13.2. The van der Waals surface area contributed by atoms with Crippen LogP contribution in [0, 0.1) is 11.6 Å². The second kappa shape index (κ2) is 7.14. The summed E-state index contributed by atoms with van der Waals surface area (Å²) in [5.74, 6) is -1.11. The van der Waals surface area contributed by atoms with E-state index in [-0.39, 0.29) is 17.3 Å².